The molecule has 8 nitrogen and oxygen atoms in total. The van der Waals surface area contributed by atoms with Gasteiger partial charge in [0.05, 0.1) is 6.61 Å². The summed E-state index contributed by atoms with van der Waals surface area (Å²) in [7, 11) is -4.34. The predicted octanol–water partition coefficient (Wildman–Crippen LogP) is 9.55. The van der Waals surface area contributed by atoms with Gasteiger partial charge in [-0.05, 0) is 81.7 Å². The highest BCUT2D eigenvalue weighted by atomic mass is 32.2. The maximum atomic E-state index is 14.5. The van der Waals surface area contributed by atoms with Crippen molar-refractivity contribution in [2.45, 2.75) is 159 Å². The molecule has 0 saturated heterocycles. The second-order valence-corrected chi connectivity index (χ2v) is 16.3. The molecule has 0 aliphatic heterocycles. The Morgan fingerprint density at radius 3 is 1.37 bits per heavy atom. The molecule has 0 atom stereocenters. The fourth-order valence-electron chi connectivity index (χ4n) is 6.40. The minimum absolute atomic E-state index is 0.145. The molecular weight excluding hydrogens is 579 g/mol. The first-order valence-corrected chi connectivity index (χ1v) is 19.8. The SMILES string of the molecule is CCCCOP(=O)(ON(SC1CCCCC1)C(=O)C1CCCCC1)ON(SC1CCCCC1)C(=O)C1CCCCC1. The smallest absolute Gasteiger partial charge is 0.284 e. The van der Waals surface area contributed by atoms with Gasteiger partial charge in [0.25, 0.3) is 11.8 Å². The van der Waals surface area contributed by atoms with Crippen molar-refractivity contribution in [2.24, 2.45) is 11.8 Å². The van der Waals surface area contributed by atoms with Crippen LogP contribution in [0.15, 0.2) is 0 Å². The van der Waals surface area contributed by atoms with E-state index in [1.165, 1.54) is 45.7 Å². The van der Waals surface area contributed by atoms with E-state index in [0.29, 0.717) is 6.42 Å². The topological polar surface area (TPSA) is 85.4 Å². The molecule has 4 saturated carbocycles. The summed E-state index contributed by atoms with van der Waals surface area (Å²) in [4.78, 5) is 27.7. The Balaban J connectivity index is 1.55. The summed E-state index contributed by atoms with van der Waals surface area (Å²) < 4.78 is 35.1. The van der Waals surface area contributed by atoms with Crippen molar-refractivity contribution >= 4 is 43.5 Å². The van der Waals surface area contributed by atoms with E-state index < -0.39 is 7.82 Å². The van der Waals surface area contributed by atoms with Gasteiger partial charge in [0, 0.05) is 22.3 Å². The first kappa shape index (κ1) is 33.6. The Kier molecular flexibility index (Phi) is 14.7. The van der Waals surface area contributed by atoms with Crippen LogP contribution in [0.1, 0.15) is 148 Å². The highest BCUT2D eigenvalue weighted by Crippen LogP contribution is 2.55. The molecule has 0 unspecified atom stereocenters. The zero-order valence-corrected chi connectivity index (χ0v) is 27.7. The molecule has 0 radical (unpaired) electrons. The number of amides is 2. The summed E-state index contributed by atoms with van der Waals surface area (Å²) >= 11 is 2.70. The largest absolute Gasteiger partial charge is 0.519 e. The standard InChI is InChI=1S/C30H53N2O6PS2/c1-2-3-24-36-39(35,37-31(40-27-20-12-6-13-21-27)29(33)25-16-8-4-9-17-25)38-32(41-28-22-14-7-15-23-28)30(34)26-18-10-5-11-19-26/h25-28H,2-24H2,1H3. The summed E-state index contributed by atoms with van der Waals surface area (Å²) in [6.45, 7) is 2.21. The molecule has 4 rings (SSSR count). The zero-order valence-electron chi connectivity index (χ0n) is 25.2. The molecule has 0 heterocycles. The number of phosphoric acid groups is 1. The fourth-order valence-corrected chi connectivity index (χ4v) is 10.3. The molecule has 2 amide bonds. The maximum absolute atomic E-state index is 14.5. The van der Waals surface area contributed by atoms with Gasteiger partial charge >= 0.3 is 7.82 Å². The number of rotatable bonds is 14. The van der Waals surface area contributed by atoms with Gasteiger partial charge < -0.3 is 0 Å². The first-order chi connectivity index (χ1) is 20.0. The zero-order chi connectivity index (χ0) is 28.9. The summed E-state index contributed by atoms with van der Waals surface area (Å²) in [5, 5.41) is 0.439. The van der Waals surface area contributed by atoms with E-state index in [1.807, 2.05) is 6.92 Å². The number of nitrogens with zero attached hydrogens (tertiary/aromatic N) is 2. The van der Waals surface area contributed by atoms with Gasteiger partial charge in [-0.2, -0.15) is 9.25 Å². The summed E-state index contributed by atoms with van der Waals surface area (Å²) in [6, 6.07) is 0. The van der Waals surface area contributed by atoms with Crippen LogP contribution >= 0.6 is 31.7 Å². The lowest BCUT2D eigenvalue weighted by atomic mass is 9.89. The molecule has 0 bridgehead atoms. The van der Waals surface area contributed by atoms with E-state index in [1.54, 1.807) is 0 Å². The average Bonchev–Trinajstić information content (AvgIpc) is 3.02. The number of hydrogen-bond donors (Lipinski definition) is 0. The van der Waals surface area contributed by atoms with Gasteiger partial charge in [-0.3, -0.25) is 14.1 Å². The Labute approximate surface area is 256 Å². The molecule has 0 spiro atoms. The van der Waals surface area contributed by atoms with Crippen molar-refractivity contribution in [3.63, 3.8) is 0 Å². The maximum Gasteiger partial charge on any atom is 0.519 e. The minimum Gasteiger partial charge on any atom is -0.284 e. The third-order valence-electron chi connectivity index (χ3n) is 8.96. The van der Waals surface area contributed by atoms with Crippen LogP contribution in [0.4, 0.5) is 0 Å². The molecule has 11 heteroatoms. The number of carbonyl (C=O) groups excluding carboxylic acids is 2. The summed E-state index contributed by atoms with van der Waals surface area (Å²) in [5.41, 5.74) is 0. The van der Waals surface area contributed by atoms with Crippen LogP contribution in [0.25, 0.3) is 0 Å². The fraction of sp³-hybridized carbons (Fsp3) is 0.933. The quantitative estimate of drug-likeness (QED) is 0.0810. The minimum atomic E-state index is -4.34. The third-order valence-corrected chi connectivity index (χ3v) is 12.8. The molecular formula is C30H53N2O6PS2. The molecule has 0 aromatic rings. The summed E-state index contributed by atoms with van der Waals surface area (Å²) in [6.07, 6.45) is 22.0. The lowest BCUT2D eigenvalue weighted by Crippen LogP contribution is -2.37. The highest BCUT2D eigenvalue weighted by molar-refractivity contribution is 7.98. The monoisotopic (exact) mass is 632 g/mol. The van der Waals surface area contributed by atoms with Crippen LogP contribution in [-0.2, 0) is 27.9 Å². The van der Waals surface area contributed by atoms with Gasteiger partial charge in [0.15, 0.2) is 0 Å². The molecule has 41 heavy (non-hydrogen) atoms. The van der Waals surface area contributed by atoms with Crippen molar-refractivity contribution in [3.05, 3.63) is 0 Å². The molecule has 236 valence electrons. The average molecular weight is 633 g/mol. The van der Waals surface area contributed by atoms with Crippen LogP contribution in [-0.4, -0.2) is 37.9 Å². The van der Waals surface area contributed by atoms with Gasteiger partial charge in [-0.1, -0.05) is 90.4 Å². The predicted molar refractivity (Wildman–Crippen MR) is 166 cm³/mol. The van der Waals surface area contributed by atoms with E-state index in [4.69, 9.17) is 13.8 Å². The first-order valence-electron chi connectivity index (χ1n) is 16.6. The molecule has 4 fully saturated rings. The molecule has 0 aromatic carbocycles. The van der Waals surface area contributed by atoms with Crippen LogP contribution < -0.4 is 0 Å². The van der Waals surface area contributed by atoms with Crippen molar-refractivity contribution in [1.29, 1.82) is 0 Å². The van der Waals surface area contributed by atoms with Gasteiger partial charge in [0.1, 0.15) is 0 Å². The Hall–Kier alpha value is -0.250. The molecule has 0 aromatic heterocycles. The van der Waals surface area contributed by atoms with E-state index >= 15 is 0 Å². The van der Waals surface area contributed by atoms with Crippen molar-refractivity contribution in [2.75, 3.05) is 6.61 Å². The van der Waals surface area contributed by atoms with Crippen LogP contribution in [0, 0.1) is 11.8 Å². The molecule has 4 aliphatic rings. The normalized spacial score (nSPS) is 22.5. The van der Waals surface area contributed by atoms with Crippen LogP contribution in [0.2, 0.25) is 0 Å². The third kappa shape index (κ3) is 11.0. The number of hydroxylamine groups is 2. The van der Waals surface area contributed by atoms with Crippen molar-refractivity contribution < 1.29 is 27.9 Å². The van der Waals surface area contributed by atoms with Crippen LogP contribution in [0.3, 0.4) is 0 Å². The molecule has 4 aliphatic carbocycles. The second-order valence-electron chi connectivity index (χ2n) is 12.4. The molecule has 0 N–H and O–H groups in total. The highest BCUT2D eigenvalue weighted by Gasteiger charge is 2.43. The lowest BCUT2D eigenvalue weighted by molar-refractivity contribution is -0.158. The van der Waals surface area contributed by atoms with E-state index in [9.17, 15) is 14.2 Å². The van der Waals surface area contributed by atoms with Crippen molar-refractivity contribution in [1.82, 2.24) is 8.94 Å². The Bertz CT molecular complexity index is 783. The number of carbonyl (C=O) groups is 2. The van der Waals surface area contributed by atoms with E-state index in [-0.39, 0.29) is 40.8 Å². The lowest BCUT2D eigenvalue weighted by Gasteiger charge is -2.35. The second kappa shape index (κ2) is 17.9. The Morgan fingerprint density at radius 2 is 1.00 bits per heavy atom. The van der Waals surface area contributed by atoms with Crippen molar-refractivity contribution in [3.8, 4) is 0 Å². The van der Waals surface area contributed by atoms with E-state index in [0.717, 1.165) is 122 Å². The van der Waals surface area contributed by atoms with Crippen LogP contribution in [0.5, 0.6) is 0 Å². The summed E-state index contributed by atoms with van der Waals surface area (Å²) in [5.74, 6) is -0.595. The Morgan fingerprint density at radius 1 is 0.634 bits per heavy atom. The van der Waals surface area contributed by atoms with Gasteiger partial charge in [0.2, 0.25) is 0 Å². The van der Waals surface area contributed by atoms with Gasteiger partial charge in [-0.25, -0.2) is 4.57 Å². The van der Waals surface area contributed by atoms with E-state index in [2.05, 4.69) is 0 Å². The van der Waals surface area contributed by atoms with Gasteiger partial charge in [-0.15, -0.1) is 8.94 Å². The number of unbranched alkanes of at least 4 members (excludes halogenated alkanes) is 1. The number of hydrogen-bond acceptors (Lipinski definition) is 8.